The van der Waals surface area contributed by atoms with Gasteiger partial charge in [-0.05, 0) is 88.8 Å². The van der Waals surface area contributed by atoms with Crippen molar-refractivity contribution in [3.63, 3.8) is 0 Å². The van der Waals surface area contributed by atoms with Gasteiger partial charge in [0.25, 0.3) is 0 Å². The number of aryl methyl sites for hydroxylation is 8. The first kappa shape index (κ1) is 26.9. The van der Waals surface area contributed by atoms with Gasteiger partial charge in [0, 0.05) is 14.0 Å². The molecule has 186 valence electrons. The molecule has 0 spiro atoms. The maximum absolute atomic E-state index is 4.49. The highest BCUT2D eigenvalue weighted by Crippen LogP contribution is 2.52. The largest absolute Gasteiger partial charge is 0.241 e. The summed E-state index contributed by atoms with van der Waals surface area (Å²) >= 11 is 7.16. The van der Waals surface area contributed by atoms with E-state index in [-0.39, 0.29) is 0 Å². The number of hydrogen-bond donors (Lipinski definition) is 0. The van der Waals surface area contributed by atoms with Crippen molar-refractivity contribution in [1.29, 1.82) is 0 Å². The number of hydrogen-bond acceptors (Lipinski definition) is 6. The molecule has 5 aromatic rings. The molecule has 2 aromatic heterocycles. The van der Waals surface area contributed by atoms with Gasteiger partial charge in [0.15, 0.2) is 0 Å². The van der Waals surface area contributed by atoms with Crippen LogP contribution in [0.3, 0.4) is 0 Å². The number of thioether (sulfide) groups is 2. The van der Waals surface area contributed by atoms with E-state index in [1.807, 2.05) is 0 Å². The second kappa shape index (κ2) is 11.1. The van der Waals surface area contributed by atoms with Crippen LogP contribution in [0.2, 0.25) is 0 Å². The zero-order valence-corrected chi connectivity index (χ0v) is 25.5. The third-order valence-electron chi connectivity index (χ3n) is 6.04. The molecule has 0 saturated heterocycles. The Morgan fingerprint density at radius 2 is 0.833 bits per heavy atom. The summed E-state index contributed by atoms with van der Waals surface area (Å²) in [5.41, 5.74) is 10.3. The molecule has 0 aliphatic carbocycles. The van der Waals surface area contributed by atoms with Gasteiger partial charge in [0.2, 0.25) is 0 Å². The lowest BCUT2D eigenvalue weighted by atomic mass is 10.1. The molecular formula is C30H32N2S4. The highest BCUT2D eigenvalue weighted by atomic mass is 32.2. The third-order valence-corrected chi connectivity index (χ3v) is 10.8. The Labute approximate surface area is 231 Å². The fraction of sp³-hybridized carbons (Fsp3) is 0.267. The zero-order chi connectivity index (χ0) is 26.1. The van der Waals surface area contributed by atoms with Crippen molar-refractivity contribution < 1.29 is 0 Å². The molecule has 3 aromatic carbocycles. The molecule has 0 atom stereocenters. The van der Waals surface area contributed by atoms with Crippen LogP contribution in [0.25, 0.3) is 20.4 Å². The number of aromatic nitrogens is 2. The smallest absolute Gasteiger partial charge is 0.0907 e. The maximum atomic E-state index is 4.49. The van der Waals surface area contributed by atoms with Gasteiger partial charge in [-0.2, -0.15) is 0 Å². The molecule has 0 radical (unpaired) electrons. The van der Waals surface area contributed by atoms with Gasteiger partial charge in [-0.1, -0.05) is 66.5 Å². The van der Waals surface area contributed by atoms with E-state index in [4.69, 9.17) is 0 Å². The van der Waals surface area contributed by atoms with Crippen molar-refractivity contribution in [2.24, 2.45) is 0 Å². The second-order valence-electron chi connectivity index (χ2n) is 9.15. The first-order valence-electron chi connectivity index (χ1n) is 11.9. The summed E-state index contributed by atoms with van der Waals surface area (Å²) < 4.78 is 3.88. The van der Waals surface area contributed by atoms with Crippen LogP contribution in [0.4, 0.5) is 0 Å². The summed E-state index contributed by atoms with van der Waals surface area (Å²) in [6, 6.07) is 13.0. The Kier molecular flexibility index (Phi) is 8.30. The zero-order valence-electron chi connectivity index (χ0n) is 22.2. The lowest BCUT2D eigenvalue weighted by molar-refractivity contribution is 1.13. The molecular weight excluding hydrogens is 517 g/mol. The minimum Gasteiger partial charge on any atom is -0.241 e. The van der Waals surface area contributed by atoms with Crippen molar-refractivity contribution in [1.82, 2.24) is 9.97 Å². The van der Waals surface area contributed by atoms with Gasteiger partial charge < -0.3 is 0 Å². The molecule has 0 unspecified atom stereocenters. The SMILES string of the molecule is C=C1Sc2c(C)ccc(C)c2S1.Cc1nc2c(C)ccc(C)c2s1.Cc1nc2c(C)ccc(C)c2s1. The molecule has 1 aliphatic heterocycles. The molecule has 6 heteroatoms. The average molecular weight is 549 g/mol. The molecule has 0 fully saturated rings. The summed E-state index contributed by atoms with van der Waals surface area (Å²) in [5.74, 6) is 0. The summed E-state index contributed by atoms with van der Waals surface area (Å²) in [7, 11) is 0. The molecule has 6 rings (SSSR count). The van der Waals surface area contributed by atoms with Gasteiger partial charge in [-0.15, -0.1) is 22.7 Å². The number of nitrogens with zero attached hydrogens (tertiary/aromatic N) is 2. The first-order valence-corrected chi connectivity index (χ1v) is 15.1. The van der Waals surface area contributed by atoms with E-state index >= 15 is 0 Å². The molecule has 1 aliphatic rings. The number of benzene rings is 3. The maximum Gasteiger partial charge on any atom is 0.0907 e. The summed E-state index contributed by atoms with van der Waals surface area (Å²) in [4.78, 5) is 11.8. The third kappa shape index (κ3) is 5.72. The van der Waals surface area contributed by atoms with E-state index in [0.717, 1.165) is 10.0 Å². The normalized spacial score (nSPS) is 12.3. The van der Waals surface area contributed by atoms with Crippen LogP contribution < -0.4 is 0 Å². The Hall–Kier alpha value is -2.12. The van der Waals surface area contributed by atoms with Gasteiger partial charge in [0.1, 0.15) is 0 Å². The first-order chi connectivity index (χ1) is 17.0. The van der Waals surface area contributed by atoms with Crippen molar-refractivity contribution in [3.8, 4) is 0 Å². The van der Waals surface area contributed by atoms with Crippen LogP contribution in [0.5, 0.6) is 0 Å². The predicted molar refractivity (Wildman–Crippen MR) is 164 cm³/mol. The predicted octanol–water partition coefficient (Wildman–Crippen LogP) is 10.4. The van der Waals surface area contributed by atoms with Crippen LogP contribution in [-0.2, 0) is 0 Å². The Bertz CT molecular complexity index is 1400. The Balaban J connectivity index is 0.000000127. The molecule has 36 heavy (non-hydrogen) atoms. The van der Waals surface area contributed by atoms with Crippen LogP contribution in [-0.4, -0.2) is 9.97 Å². The molecule has 0 bridgehead atoms. The Morgan fingerprint density at radius 3 is 1.19 bits per heavy atom. The summed E-state index contributed by atoms with van der Waals surface area (Å²) in [5, 5.41) is 2.31. The van der Waals surface area contributed by atoms with E-state index in [0.29, 0.717) is 0 Å². The van der Waals surface area contributed by atoms with Crippen molar-refractivity contribution >= 4 is 66.6 Å². The average Bonchev–Trinajstić information content (AvgIpc) is 3.54. The lowest BCUT2D eigenvalue weighted by Crippen LogP contribution is -1.82. The topological polar surface area (TPSA) is 25.8 Å². The number of thiazole rings is 2. The molecule has 3 heterocycles. The highest BCUT2D eigenvalue weighted by molar-refractivity contribution is 8.24. The monoisotopic (exact) mass is 548 g/mol. The summed E-state index contributed by atoms with van der Waals surface area (Å²) in [6.07, 6.45) is 0. The molecule has 0 saturated carbocycles. The molecule has 2 nitrogen and oxygen atoms in total. The van der Waals surface area contributed by atoms with Crippen LogP contribution in [0, 0.1) is 55.4 Å². The van der Waals surface area contributed by atoms with E-state index in [1.165, 1.54) is 67.8 Å². The van der Waals surface area contributed by atoms with E-state index in [9.17, 15) is 0 Å². The van der Waals surface area contributed by atoms with E-state index < -0.39 is 0 Å². The minimum atomic E-state index is 1.16. The van der Waals surface area contributed by atoms with Gasteiger partial charge in [-0.25, -0.2) is 9.97 Å². The molecule has 0 N–H and O–H groups in total. The standard InChI is InChI=1S/2C10H11NS.C10H10S2/c3*1-6-4-5-7(2)10-9(6)11-8(3)12-10/h2*4-5H,1-3H3;4-5H,3H2,1-2H3. The van der Waals surface area contributed by atoms with E-state index in [2.05, 4.69) is 108 Å². The lowest BCUT2D eigenvalue weighted by Gasteiger charge is -2.03. The number of rotatable bonds is 0. The van der Waals surface area contributed by atoms with Crippen LogP contribution in [0.1, 0.15) is 43.4 Å². The van der Waals surface area contributed by atoms with Gasteiger partial charge in [0.05, 0.1) is 30.4 Å². The fourth-order valence-electron chi connectivity index (χ4n) is 3.99. The van der Waals surface area contributed by atoms with Crippen molar-refractivity contribution in [2.75, 3.05) is 0 Å². The quantitative estimate of drug-likeness (QED) is 0.192. The fourth-order valence-corrected chi connectivity index (χ4v) is 8.26. The van der Waals surface area contributed by atoms with Crippen molar-refractivity contribution in [3.05, 3.63) is 90.6 Å². The number of fused-ring (bicyclic) bond motifs is 3. The van der Waals surface area contributed by atoms with Gasteiger partial charge in [-0.3, -0.25) is 0 Å². The highest BCUT2D eigenvalue weighted by Gasteiger charge is 2.19. The Morgan fingerprint density at radius 1 is 0.500 bits per heavy atom. The summed E-state index contributed by atoms with van der Waals surface area (Å²) in [6.45, 7) is 20.9. The van der Waals surface area contributed by atoms with Crippen molar-refractivity contribution in [2.45, 2.75) is 65.2 Å². The van der Waals surface area contributed by atoms with Crippen LogP contribution >= 0.6 is 46.2 Å². The van der Waals surface area contributed by atoms with Crippen LogP contribution in [0.15, 0.2) is 57.0 Å². The van der Waals surface area contributed by atoms with E-state index in [1.54, 1.807) is 46.2 Å². The van der Waals surface area contributed by atoms with Gasteiger partial charge >= 0.3 is 0 Å². The second-order valence-corrected chi connectivity index (χ2v) is 14.0. The minimum absolute atomic E-state index is 1.16. The molecule has 0 amide bonds.